The summed E-state index contributed by atoms with van der Waals surface area (Å²) >= 11 is 1.38. The first-order chi connectivity index (χ1) is 9.11. The van der Waals surface area contributed by atoms with Crippen molar-refractivity contribution < 1.29 is 9.53 Å². The van der Waals surface area contributed by atoms with Crippen molar-refractivity contribution in [3.05, 3.63) is 40.3 Å². The lowest BCUT2D eigenvalue weighted by Gasteiger charge is -2.08. The maximum atomic E-state index is 12.1. The van der Waals surface area contributed by atoms with Crippen molar-refractivity contribution in [3.63, 3.8) is 0 Å². The van der Waals surface area contributed by atoms with Gasteiger partial charge in [-0.05, 0) is 19.1 Å². The number of methoxy groups -OCH3 is 1. The third kappa shape index (κ3) is 3.10. The van der Waals surface area contributed by atoms with E-state index >= 15 is 0 Å². The Morgan fingerprint density at radius 1 is 1.47 bits per heavy atom. The molecule has 2 aromatic rings. The van der Waals surface area contributed by atoms with Crippen LogP contribution in [0.15, 0.2) is 29.6 Å². The number of hydrogen-bond acceptors (Lipinski definition) is 5. The molecular formula is C13H15N3O2S. The Morgan fingerprint density at radius 3 is 2.84 bits per heavy atom. The summed E-state index contributed by atoms with van der Waals surface area (Å²) in [7, 11) is 1.56. The third-order valence-corrected chi connectivity index (χ3v) is 3.54. The minimum absolute atomic E-state index is 0.169. The molecule has 3 N–H and O–H groups in total. The first kappa shape index (κ1) is 13.5. The quantitative estimate of drug-likeness (QED) is 0.899. The molecule has 1 unspecified atom stereocenters. The molecule has 0 fully saturated rings. The normalized spacial score (nSPS) is 11.9. The molecule has 1 aromatic carbocycles. The van der Waals surface area contributed by atoms with Crippen LogP contribution in [0.25, 0.3) is 0 Å². The average Bonchev–Trinajstić information content (AvgIpc) is 2.89. The minimum Gasteiger partial charge on any atom is -0.495 e. The summed E-state index contributed by atoms with van der Waals surface area (Å²) in [5.41, 5.74) is 6.70. The van der Waals surface area contributed by atoms with Crippen LogP contribution in [-0.2, 0) is 0 Å². The zero-order valence-corrected chi connectivity index (χ0v) is 11.5. The van der Waals surface area contributed by atoms with Crippen molar-refractivity contribution in [2.75, 3.05) is 12.4 Å². The van der Waals surface area contributed by atoms with Crippen molar-refractivity contribution in [3.8, 4) is 5.75 Å². The standard InChI is InChI=1S/C13H15N3O2S/c1-8(14)13-16-10(7-19-13)12(17)15-9-5-3-4-6-11(9)18-2/h3-8H,14H2,1-2H3,(H,15,17). The Kier molecular flexibility index (Phi) is 4.13. The summed E-state index contributed by atoms with van der Waals surface area (Å²) in [4.78, 5) is 16.3. The number of rotatable bonds is 4. The van der Waals surface area contributed by atoms with Gasteiger partial charge in [0.15, 0.2) is 0 Å². The van der Waals surface area contributed by atoms with Gasteiger partial charge in [-0.25, -0.2) is 4.98 Å². The zero-order valence-electron chi connectivity index (χ0n) is 10.7. The molecule has 1 atom stereocenters. The van der Waals surface area contributed by atoms with Gasteiger partial charge in [0, 0.05) is 5.38 Å². The molecule has 19 heavy (non-hydrogen) atoms. The van der Waals surface area contributed by atoms with E-state index in [1.165, 1.54) is 11.3 Å². The lowest BCUT2D eigenvalue weighted by Crippen LogP contribution is -2.14. The Morgan fingerprint density at radius 2 is 2.21 bits per heavy atom. The number of para-hydroxylation sites is 2. The molecule has 100 valence electrons. The second-order valence-corrected chi connectivity index (χ2v) is 4.90. The van der Waals surface area contributed by atoms with Crippen LogP contribution in [0.5, 0.6) is 5.75 Å². The fourth-order valence-corrected chi connectivity index (χ4v) is 2.29. The minimum atomic E-state index is -0.271. The predicted molar refractivity (Wildman–Crippen MR) is 75.7 cm³/mol. The van der Waals surface area contributed by atoms with Crippen LogP contribution in [0.1, 0.15) is 28.5 Å². The highest BCUT2D eigenvalue weighted by Crippen LogP contribution is 2.24. The topological polar surface area (TPSA) is 77.2 Å². The van der Waals surface area contributed by atoms with E-state index in [4.69, 9.17) is 10.5 Å². The maximum absolute atomic E-state index is 12.1. The lowest BCUT2D eigenvalue weighted by molar-refractivity contribution is 0.102. The van der Waals surface area contributed by atoms with Crippen LogP contribution < -0.4 is 15.8 Å². The van der Waals surface area contributed by atoms with Crippen molar-refractivity contribution >= 4 is 22.9 Å². The van der Waals surface area contributed by atoms with Gasteiger partial charge in [0.25, 0.3) is 5.91 Å². The molecule has 0 saturated heterocycles. The number of carbonyl (C=O) groups is 1. The fourth-order valence-electron chi connectivity index (χ4n) is 1.54. The highest BCUT2D eigenvalue weighted by atomic mass is 32.1. The van der Waals surface area contributed by atoms with E-state index in [2.05, 4.69) is 10.3 Å². The summed E-state index contributed by atoms with van der Waals surface area (Å²) in [5, 5.41) is 5.21. The van der Waals surface area contributed by atoms with Crippen molar-refractivity contribution in [2.24, 2.45) is 5.73 Å². The maximum Gasteiger partial charge on any atom is 0.275 e. The molecule has 0 saturated carbocycles. The number of aromatic nitrogens is 1. The molecule has 6 heteroatoms. The van der Waals surface area contributed by atoms with Crippen LogP contribution in [0, 0.1) is 0 Å². The van der Waals surface area contributed by atoms with Gasteiger partial charge < -0.3 is 15.8 Å². The zero-order chi connectivity index (χ0) is 13.8. The van der Waals surface area contributed by atoms with Crippen LogP contribution in [0.2, 0.25) is 0 Å². The molecule has 0 aliphatic heterocycles. The second kappa shape index (κ2) is 5.81. The number of nitrogens with zero attached hydrogens (tertiary/aromatic N) is 1. The number of benzene rings is 1. The number of nitrogens with two attached hydrogens (primary N) is 1. The largest absolute Gasteiger partial charge is 0.495 e. The molecule has 1 amide bonds. The van der Waals surface area contributed by atoms with Gasteiger partial charge in [-0.2, -0.15) is 0 Å². The molecular weight excluding hydrogens is 262 g/mol. The van der Waals surface area contributed by atoms with Crippen LogP contribution in [0.3, 0.4) is 0 Å². The number of anilines is 1. The molecule has 1 heterocycles. The number of thiazole rings is 1. The van der Waals surface area contributed by atoms with Crippen molar-refractivity contribution in [1.29, 1.82) is 0 Å². The summed E-state index contributed by atoms with van der Waals surface area (Å²) in [5.74, 6) is 0.339. The average molecular weight is 277 g/mol. The highest BCUT2D eigenvalue weighted by molar-refractivity contribution is 7.09. The summed E-state index contributed by atoms with van der Waals surface area (Å²) < 4.78 is 5.17. The molecule has 0 spiro atoms. The van der Waals surface area contributed by atoms with Crippen LogP contribution >= 0.6 is 11.3 Å². The van der Waals surface area contributed by atoms with Crippen molar-refractivity contribution in [2.45, 2.75) is 13.0 Å². The van der Waals surface area contributed by atoms with Gasteiger partial charge >= 0.3 is 0 Å². The SMILES string of the molecule is COc1ccccc1NC(=O)c1csc(C(C)N)n1. The Hall–Kier alpha value is -1.92. The van der Waals surface area contributed by atoms with Gasteiger partial charge in [0.05, 0.1) is 18.8 Å². The van der Waals surface area contributed by atoms with Gasteiger partial charge in [0.2, 0.25) is 0 Å². The van der Waals surface area contributed by atoms with Gasteiger partial charge in [-0.15, -0.1) is 11.3 Å². The molecule has 0 radical (unpaired) electrons. The van der Waals surface area contributed by atoms with E-state index in [0.29, 0.717) is 17.1 Å². The van der Waals surface area contributed by atoms with E-state index in [0.717, 1.165) is 5.01 Å². The van der Waals surface area contributed by atoms with Gasteiger partial charge in [-0.3, -0.25) is 4.79 Å². The van der Waals surface area contributed by atoms with Crippen molar-refractivity contribution in [1.82, 2.24) is 4.98 Å². The predicted octanol–water partition coefficient (Wildman–Crippen LogP) is 2.42. The van der Waals surface area contributed by atoms with E-state index in [1.807, 2.05) is 19.1 Å². The molecule has 5 nitrogen and oxygen atoms in total. The number of hydrogen-bond donors (Lipinski definition) is 2. The Balaban J connectivity index is 2.16. The number of nitrogens with one attached hydrogen (secondary N) is 1. The van der Waals surface area contributed by atoms with E-state index in [9.17, 15) is 4.79 Å². The first-order valence-electron chi connectivity index (χ1n) is 5.77. The van der Waals surface area contributed by atoms with Crippen LogP contribution in [0.4, 0.5) is 5.69 Å². The highest BCUT2D eigenvalue weighted by Gasteiger charge is 2.14. The number of carbonyl (C=O) groups excluding carboxylic acids is 1. The van der Waals surface area contributed by atoms with Crippen LogP contribution in [-0.4, -0.2) is 18.0 Å². The van der Waals surface area contributed by atoms with E-state index < -0.39 is 0 Å². The monoisotopic (exact) mass is 277 g/mol. The second-order valence-electron chi connectivity index (χ2n) is 4.01. The first-order valence-corrected chi connectivity index (χ1v) is 6.65. The smallest absolute Gasteiger partial charge is 0.275 e. The molecule has 0 aliphatic carbocycles. The lowest BCUT2D eigenvalue weighted by atomic mass is 10.3. The van der Waals surface area contributed by atoms with E-state index in [1.54, 1.807) is 24.6 Å². The molecule has 1 aromatic heterocycles. The van der Waals surface area contributed by atoms with Gasteiger partial charge in [-0.1, -0.05) is 12.1 Å². The number of amides is 1. The molecule has 2 rings (SSSR count). The third-order valence-electron chi connectivity index (χ3n) is 2.50. The molecule has 0 bridgehead atoms. The summed E-state index contributed by atoms with van der Waals surface area (Å²) in [6.45, 7) is 1.83. The summed E-state index contributed by atoms with van der Waals surface area (Å²) in [6, 6.07) is 7.05. The number of ether oxygens (including phenoxy) is 1. The van der Waals surface area contributed by atoms with E-state index in [-0.39, 0.29) is 11.9 Å². The Bertz CT molecular complexity index is 581. The fraction of sp³-hybridized carbons (Fsp3) is 0.231. The molecule has 0 aliphatic rings. The summed E-state index contributed by atoms with van der Waals surface area (Å²) in [6.07, 6.45) is 0. The van der Waals surface area contributed by atoms with Gasteiger partial charge in [0.1, 0.15) is 16.5 Å². The Labute approximate surface area is 115 Å².